The van der Waals surface area contributed by atoms with Gasteiger partial charge in [-0.3, -0.25) is 9.55 Å². The van der Waals surface area contributed by atoms with E-state index in [2.05, 4.69) is 189 Å². The normalized spacial score (nSPS) is 13.0. The largest absolute Gasteiger partial charge is 0.457 e. The number of ether oxygens (including phenoxy) is 1. The standard InChI is InChI=1S/C51H49N5O/c1-33(2)43-26-36(35-14-9-8-10-15-35)27-44(34(3)4)50(43)55-32-54(48-31-52-24-23-46(48)55)38-16-13-17-39(29-38)57-40-20-21-42-41-18-11-12-19-45(41)56(47(42)30-40)49-28-37(22-25-53-49)51(5,6)7/h8-31,33-34H,32H2,1-7H3. The predicted octanol–water partition coefficient (Wildman–Crippen LogP) is 13.8. The molecule has 0 saturated carbocycles. The van der Waals surface area contributed by atoms with Crippen LogP contribution in [0.4, 0.5) is 22.7 Å². The van der Waals surface area contributed by atoms with E-state index in [1.807, 2.05) is 24.7 Å². The number of benzene rings is 5. The molecule has 9 rings (SSSR count). The van der Waals surface area contributed by atoms with Gasteiger partial charge in [0.15, 0.2) is 0 Å². The molecule has 6 heteroatoms. The van der Waals surface area contributed by atoms with Gasteiger partial charge in [-0.2, -0.15) is 0 Å². The first-order valence-electron chi connectivity index (χ1n) is 20.1. The number of hydrogen-bond donors (Lipinski definition) is 0. The fraction of sp³-hybridized carbons (Fsp3) is 0.216. The van der Waals surface area contributed by atoms with Crippen molar-refractivity contribution in [2.45, 2.75) is 65.7 Å². The van der Waals surface area contributed by atoms with Gasteiger partial charge in [-0.05, 0) is 106 Å². The van der Waals surface area contributed by atoms with Crippen LogP contribution in [0.3, 0.4) is 0 Å². The molecule has 0 aliphatic carbocycles. The summed E-state index contributed by atoms with van der Waals surface area (Å²) in [5.74, 6) is 3.08. The number of nitrogens with zero attached hydrogens (tertiary/aromatic N) is 5. The Balaban J connectivity index is 1.09. The lowest BCUT2D eigenvalue weighted by Crippen LogP contribution is -2.26. The second-order valence-electron chi connectivity index (χ2n) is 16.8. The minimum Gasteiger partial charge on any atom is -0.457 e. The van der Waals surface area contributed by atoms with E-state index in [4.69, 9.17) is 9.72 Å². The molecule has 284 valence electrons. The smallest absolute Gasteiger partial charge is 0.137 e. The number of aromatic nitrogens is 3. The van der Waals surface area contributed by atoms with Crippen LogP contribution in [-0.2, 0) is 5.41 Å². The van der Waals surface area contributed by atoms with Crippen molar-refractivity contribution in [1.82, 2.24) is 14.5 Å². The number of anilines is 4. The van der Waals surface area contributed by atoms with Gasteiger partial charge in [0.05, 0.1) is 28.6 Å². The van der Waals surface area contributed by atoms with Crippen LogP contribution < -0.4 is 14.5 Å². The van der Waals surface area contributed by atoms with E-state index in [-0.39, 0.29) is 5.41 Å². The third-order valence-corrected chi connectivity index (χ3v) is 11.3. The topological polar surface area (TPSA) is 46.4 Å². The summed E-state index contributed by atoms with van der Waals surface area (Å²) in [7, 11) is 0. The predicted molar refractivity (Wildman–Crippen MR) is 237 cm³/mol. The lowest BCUT2D eigenvalue weighted by Gasteiger charge is -2.30. The van der Waals surface area contributed by atoms with Crippen LogP contribution in [0, 0.1) is 0 Å². The summed E-state index contributed by atoms with van der Waals surface area (Å²) in [4.78, 5) is 14.3. The highest BCUT2D eigenvalue weighted by Gasteiger charge is 2.32. The number of fused-ring (bicyclic) bond motifs is 4. The summed E-state index contributed by atoms with van der Waals surface area (Å²) in [5, 5.41) is 2.35. The molecule has 0 fully saturated rings. The first-order chi connectivity index (χ1) is 27.5. The van der Waals surface area contributed by atoms with Crippen molar-refractivity contribution in [2.24, 2.45) is 0 Å². The Morgan fingerprint density at radius 2 is 1.32 bits per heavy atom. The van der Waals surface area contributed by atoms with Gasteiger partial charge in [-0.25, -0.2) is 4.98 Å². The maximum Gasteiger partial charge on any atom is 0.137 e. The highest BCUT2D eigenvalue weighted by molar-refractivity contribution is 6.09. The average molecular weight is 748 g/mol. The quantitative estimate of drug-likeness (QED) is 0.155. The summed E-state index contributed by atoms with van der Waals surface area (Å²) in [6.07, 6.45) is 5.81. The Morgan fingerprint density at radius 1 is 0.596 bits per heavy atom. The molecule has 8 aromatic rings. The lowest BCUT2D eigenvalue weighted by molar-refractivity contribution is 0.483. The maximum atomic E-state index is 6.72. The Hall–Kier alpha value is -6.40. The lowest BCUT2D eigenvalue weighted by atomic mass is 9.87. The molecule has 0 saturated heterocycles. The van der Waals surface area contributed by atoms with Gasteiger partial charge in [-0.15, -0.1) is 0 Å². The molecule has 6 nitrogen and oxygen atoms in total. The number of hydrogen-bond acceptors (Lipinski definition) is 5. The van der Waals surface area contributed by atoms with E-state index in [1.165, 1.54) is 38.9 Å². The minimum atomic E-state index is -0.000881. The molecule has 5 aromatic carbocycles. The summed E-state index contributed by atoms with van der Waals surface area (Å²) in [6.45, 7) is 16.6. The van der Waals surface area contributed by atoms with Gasteiger partial charge in [0.25, 0.3) is 0 Å². The Kier molecular flexibility index (Phi) is 9.08. The molecule has 3 aromatic heterocycles. The van der Waals surface area contributed by atoms with Crippen molar-refractivity contribution in [2.75, 3.05) is 16.5 Å². The summed E-state index contributed by atoms with van der Waals surface area (Å²) < 4.78 is 8.98. The molecule has 1 aliphatic heterocycles. The fourth-order valence-electron chi connectivity index (χ4n) is 8.31. The molecule has 1 aliphatic rings. The summed E-state index contributed by atoms with van der Waals surface area (Å²) >= 11 is 0. The fourth-order valence-corrected chi connectivity index (χ4v) is 8.31. The van der Waals surface area contributed by atoms with Crippen LogP contribution in [0.25, 0.3) is 38.8 Å². The van der Waals surface area contributed by atoms with E-state index in [0.29, 0.717) is 18.5 Å². The third-order valence-electron chi connectivity index (χ3n) is 11.3. The van der Waals surface area contributed by atoms with Crippen molar-refractivity contribution >= 4 is 44.6 Å². The Bertz CT molecular complexity index is 2730. The Labute approximate surface area is 336 Å². The van der Waals surface area contributed by atoms with Crippen molar-refractivity contribution in [3.05, 3.63) is 163 Å². The first kappa shape index (κ1) is 36.3. The van der Waals surface area contributed by atoms with Gasteiger partial charge in [0, 0.05) is 46.7 Å². The van der Waals surface area contributed by atoms with E-state index < -0.39 is 0 Å². The van der Waals surface area contributed by atoms with Crippen LogP contribution in [0.2, 0.25) is 0 Å². The highest BCUT2D eigenvalue weighted by Crippen LogP contribution is 2.49. The summed E-state index contributed by atoms with van der Waals surface area (Å²) in [5.41, 5.74) is 13.1. The zero-order valence-electron chi connectivity index (χ0n) is 33.9. The third kappa shape index (κ3) is 6.59. The second kappa shape index (κ2) is 14.3. The zero-order valence-corrected chi connectivity index (χ0v) is 33.9. The number of para-hydroxylation sites is 1. The minimum absolute atomic E-state index is 0.000881. The number of rotatable bonds is 8. The molecular formula is C51H49N5O. The van der Waals surface area contributed by atoms with Crippen LogP contribution >= 0.6 is 0 Å². The molecule has 0 amide bonds. The summed E-state index contributed by atoms with van der Waals surface area (Å²) in [6, 6.07) is 45.3. The monoisotopic (exact) mass is 747 g/mol. The molecule has 0 spiro atoms. The van der Waals surface area contributed by atoms with Crippen molar-refractivity contribution in [1.29, 1.82) is 0 Å². The van der Waals surface area contributed by atoms with Gasteiger partial charge in [0.2, 0.25) is 0 Å². The zero-order chi connectivity index (χ0) is 39.4. The van der Waals surface area contributed by atoms with Gasteiger partial charge >= 0.3 is 0 Å². The van der Waals surface area contributed by atoms with Crippen LogP contribution in [-0.4, -0.2) is 21.2 Å². The molecule has 0 radical (unpaired) electrons. The number of pyridine rings is 2. The maximum absolute atomic E-state index is 6.72. The van der Waals surface area contributed by atoms with Crippen LogP contribution in [0.1, 0.15) is 77.0 Å². The SMILES string of the molecule is CC(C)c1cc(-c2ccccc2)cc(C(C)C)c1N1CN(c2cccc(Oc3ccc4c5ccccc5n(-c5cc(C(C)(C)C)ccn5)c4c3)c2)c2cnccc21. The van der Waals surface area contributed by atoms with Crippen molar-refractivity contribution in [3.8, 4) is 28.4 Å². The van der Waals surface area contributed by atoms with Crippen LogP contribution in [0.5, 0.6) is 11.5 Å². The molecule has 57 heavy (non-hydrogen) atoms. The van der Waals surface area contributed by atoms with Gasteiger partial charge in [-0.1, -0.05) is 103 Å². The van der Waals surface area contributed by atoms with E-state index >= 15 is 0 Å². The van der Waals surface area contributed by atoms with Crippen molar-refractivity contribution < 1.29 is 4.74 Å². The second-order valence-corrected chi connectivity index (χ2v) is 16.8. The highest BCUT2D eigenvalue weighted by atomic mass is 16.5. The Morgan fingerprint density at radius 3 is 2.07 bits per heavy atom. The van der Waals surface area contributed by atoms with E-state index in [0.717, 1.165) is 50.8 Å². The molecule has 0 N–H and O–H groups in total. The first-order valence-corrected chi connectivity index (χ1v) is 20.1. The molecule has 0 bridgehead atoms. The van der Waals surface area contributed by atoms with Crippen LogP contribution in [0.15, 0.2) is 146 Å². The molecule has 4 heterocycles. The molecule has 0 atom stereocenters. The average Bonchev–Trinajstić information content (AvgIpc) is 3.76. The van der Waals surface area contributed by atoms with Gasteiger partial charge < -0.3 is 14.5 Å². The van der Waals surface area contributed by atoms with Crippen molar-refractivity contribution in [3.63, 3.8) is 0 Å². The molecular weight excluding hydrogens is 699 g/mol. The molecule has 0 unspecified atom stereocenters. The van der Waals surface area contributed by atoms with E-state index in [9.17, 15) is 0 Å². The van der Waals surface area contributed by atoms with Gasteiger partial charge in [0.1, 0.15) is 24.0 Å². The van der Waals surface area contributed by atoms with E-state index in [1.54, 1.807) is 0 Å².